The molecule has 0 aliphatic carbocycles. The van der Waals surface area contributed by atoms with Crippen molar-refractivity contribution in [2.45, 2.75) is 26.8 Å². The molecule has 1 aromatic rings. The minimum absolute atomic E-state index is 0.0911. The summed E-state index contributed by atoms with van der Waals surface area (Å²) in [6, 6.07) is 2.78. The van der Waals surface area contributed by atoms with Crippen LogP contribution in [0.3, 0.4) is 0 Å². The highest BCUT2D eigenvalue weighted by atomic mass is 35.5. The molecule has 0 aromatic heterocycles. The number of nitrogens with zero attached hydrogens (tertiary/aromatic N) is 1. The molecule has 10 heteroatoms. The summed E-state index contributed by atoms with van der Waals surface area (Å²) in [5.74, 6) is -2.55. The normalized spacial score (nSPS) is 10.7. The van der Waals surface area contributed by atoms with Crippen LogP contribution in [0.1, 0.15) is 26.3 Å². The highest BCUT2D eigenvalue weighted by Gasteiger charge is 2.15. The van der Waals surface area contributed by atoms with Crippen LogP contribution in [-0.4, -0.2) is 48.4 Å². The maximum absolute atomic E-state index is 11.5. The van der Waals surface area contributed by atoms with Crippen LogP contribution in [0.5, 0.6) is 11.5 Å². The smallest absolute Gasteiger partial charge is 0.341 e. The fourth-order valence-corrected chi connectivity index (χ4v) is 2.02. The number of carboxylic acid groups (broad SMARTS) is 1. The molecule has 1 aromatic carbocycles. The van der Waals surface area contributed by atoms with E-state index >= 15 is 0 Å². The number of carbonyl (C=O) groups excluding carboxylic acids is 2. The van der Waals surface area contributed by atoms with Gasteiger partial charge in [-0.2, -0.15) is 5.10 Å². The first-order valence-electron chi connectivity index (χ1n) is 7.69. The molecule has 0 heterocycles. The molecule has 3 N–H and O–H groups in total. The zero-order chi connectivity index (χ0) is 19.7. The Morgan fingerprint density at radius 2 is 1.96 bits per heavy atom. The first kappa shape index (κ1) is 21.2. The summed E-state index contributed by atoms with van der Waals surface area (Å²) in [5, 5.41) is 14.9. The van der Waals surface area contributed by atoms with Crippen molar-refractivity contribution in [3.63, 3.8) is 0 Å². The molecule has 26 heavy (non-hydrogen) atoms. The second kappa shape index (κ2) is 10.2. The molecule has 0 bridgehead atoms. The predicted octanol–water partition coefficient (Wildman–Crippen LogP) is 1.18. The Labute approximate surface area is 155 Å². The summed E-state index contributed by atoms with van der Waals surface area (Å²) in [6.07, 6.45) is 1.26. The number of amides is 2. The predicted molar refractivity (Wildman–Crippen MR) is 94.8 cm³/mol. The van der Waals surface area contributed by atoms with E-state index in [0.717, 1.165) is 0 Å². The van der Waals surface area contributed by atoms with E-state index in [-0.39, 0.29) is 22.6 Å². The summed E-state index contributed by atoms with van der Waals surface area (Å²) in [4.78, 5) is 33.6. The van der Waals surface area contributed by atoms with Gasteiger partial charge in [0.15, 0.2) is 18.1 Å². The zero-order valence-electron chi connectivity index (χ0n) is 14.5. The van der Waals surface area contributed by atoms with Gasteiger partial charge in [0, 0.05) is 6.04 Å². The van der Waals surface area contributed by atoms with Crippen molar-refractivity contribution in [1.29, 1.82) is 0 Å². The fraction of sp³-hybridized carbons (Fsp3) is 0.375. The number of rotatable bonds is 8. The molecule has 0 atom stereocenters. The molecule has 0 unspecified atom stereocenters. The van der Waals surface area contributed by atoms with Crippen molar-refractivity contribution < 1.29 is 29.0 Å². The van der Waals surface area contributed by atoms with Crippen LogP contribution in [0.25, 0.3) is 0 Å². The van der Waals surface area contributed by atoms with Gasteiger partial charge in [-0.1, -0.05) is 11.6 Å². The van der Waals surface area contributed by atoms with Crippen molar-refractivity contribution in [3.8, 4) is 11.5 Å². The van der Waals surface area contributed by atoms with Crippen molar-refractivity contribution in [1.82, 2.24) is 10.7 Å². The molecule has 0 fully saturated rings. The minimum Gasteiger partial charge on any atom is -0.490 e. The molecule has 1 rings (SSSR count). The average Bonchev–Trinajstić information content (AvgIpc) is 2.53. The molecule has 0 saturated carbocycles. The third-order valence-corrected chi connectivity index (χ3v) is 2.96. The second-order valence-electron chi connectivity index (χ2n) is 5.27. The van der Waals surface area contributed by atoms with Gasteiger partial charge in [0.1, 0.15) is 0 Å². The van der Waals surface area contributed by atoms with E-state index in [1.54, 1.807) is 20.8 Å². The summed E-state index contributed by atoms with van der Waals surface area (Å²) in [6.45, 7) is 4.91. The van der Waals surface area contributed by atoms with Crippen molar-refractivity contribution in [3.05, 3.63) is 22.7 Å². The van der Waals surface area contributed by atoms with Gasteiger partial charge in [0.2, 0.25) is 0 Å². The van der Waals surface area contributed by atoms with E-state index in [0.29, 0.717) is 12.2 Å². The highest BCUT2D eigenvalue weighted by Crippen LogP contribution is 2.36. The van der Waals surface area contributed by atoms with Crippen LogP contribution in [-0.2, 0) is 14.4 Å². The van der Waals surface area contributed by atoms with E-state index in [1.807, 2.05) is 0 Å². The largest absolute Gasteiger partial charge is 0.490 e. The van der Waals surface area contributed by atoms with Crippen molar-refractivity contribution >= 4 is 35.6 Å². The van der Waals surface area contributed by atoms with Gasteiger partial charge < -0.3 is 19.9 Å². The van der Waals surface area contributed by atoms with Gasteiger partial charge in [-0.05, 0) is 38.5 Å². The maximum Gasteiger partial charge on any atom is 0.341 e. The Hall–Kier alpha value is -2.81. The first-order chi connectivity index (χ1) is 12.2. The molecule has 0 aliphatic rings. The lowest BCUT2D eigenvalue weighted by molar-refractivity contribution is -0.139. The van der Waals surface area contributed by atoms with E-state index in [9.17, 15) is 14.4 Å². The summed E-state index contributed by atoms with van der Waals surface area (Å²) in [5.41, 5.74) is 2.54. The van der Waals surface area contributed by atoms with Crippen molar-refractivity contribution in [2.75, 3.05) is 13.2 Å². The van der Waals surface area contributed by atoms with Crippen molar-refractivity contribution in [2.24, 2.45) is 5.10 Å². The third-order valence-electron chi connectivity index (χ3n) is 2.68. The summed E-state index contributed by atoms with van der Waals surface area (Å²) < 4.78 is 10.5. The van der Waals surface area contributed by atoms with Gasteiger partial charge in [-0.3, -0.25) is 9.59 Å². The number of hydrogen-bond acceptors (Lipinski definition) is 6. The Bertz CT molecular complexity index is 705. The summed E-state index contributed by atoms with van der Waals surface area (Å²) >= 11 is 6.09. The van der Waals surface area contributed by atoms with E-state index < -0.39 is 24.4 Å². The number of carbonyl (C=O) groups is 3. The molecule has 2 amide bonds. The molecule has 0 radical (unpaired) electrons. The number of halogens is 1. The maximum atomic E-state index is 11.5. The monoisotopic (exact) mass is 385 g/mol. The number of hydrogen-bond donors (Lipinski definition) is 3. The van der Waals surface area contributed by atoms with E-state index in [1.165, 1.54) is 18.3 Å². The number of aliphatic carboxylic acids is 1. The SMILES string of the molecule is CCOc1cc(/C=N\NC(=O)C(=O)NC(C)C)cc(Cl)c1OCC(=O)O. The summed E-state index contributed by atoms with van der Waals surface area (Å²) in [7, 11) is 0. The fourth-order valence-electron chi connectivity index (χ4n) is 1.74. The van der Waals surface area contributed by atoms with Crippen LogP contribution in [0, 0.1) is 0 Å². The minimum atomic E-state index is -1.16. The molecule has 0 spiro atoms. The standard InChI is InChI=1S/C16H20ClN3O6/c1-4-25-12-6-10(5-11(17)14(12)26-8-13(21)22)7-18-20-16(24)15(23)19-9(2)3/h5-7,9H,4,8H2,1-3H3,(H,19,23)(H,20,24)(H,21,22)/b18-7-. The number of hydrazone groups is 1. The first-order valence-corrected chi connectivity index (χ1v) is 8.07. The van der Waals surface area contributed by atoms with Gasteiger partial charge in [0.05, 0.1) is 17.8 Å². The van der Waals surface area contributed by atoms with Gasteiger partial charge >= 0.3 is 17.8 Å². The van der Waals surface area contributed by atoms with Crippen LogP contribution in [0.15, 0.2) is 17.2 Å². The lowest BCUT2D eigenvalue weighted by Crippen LogP contribution is -2.41. The van der Waals surface area contributed by atoms with Gasteiger partial charge in [0.25, 0.3) is 0 Å². The third kappa shape index (κ3) is 6.98. The van der Waals surface area contributed by atoms with Crippen LogP contribution < -0.4 is 20.2 Å². The number of carboxylic acids is 1. The highest BCUT2D eigenvalue weighted by molar-refractivity contribution is 6.35. The average molecular weight is 386 g/mol. The van der Waals surface area contributed by atoms with Crippen LogP contribution in [0.4, 0.5) is 0 Å². The molecule has 0 saturated heterocycles. The van der Waals surface area contributed by atoms with E-state index in [4.69, 9.17) is 26.2 Å². The molecule has 142 valence electrons. The number of nitrogens with one attached hydrogen (secondary N) is 2. The Morgan fingerprint density at radius 1 is 1.27 bits per heavy atom. The topological polar surface area (TPSA) is 126 Å². The molecular weight excluding hydrogens is 366 g/mol. The Kier molecular flexibility index (Phi) is 8.36. The van der Waals surface area contributed by atoms with Crippen LogP contribution >= 0.6 is 11.6 Å². The lowest BCUT2D eigenvalue weighted by Gasteiger charge is -2.13. The quantitative estimate of drug-likeness (QED) is 0.350. The second-order valence-corrected chi connectivity index (χ2v) is 5.68. The van der Waals surface area contributed by atoms with Gasteiger partial charge in [-0.15, -0.1) is 0 Å². The Morgan fingerprint density at radius 3 is 2.54 bits per heavy atom. The van der Waals surface area contributed by atoms with Crippen LogP contribution in [0.2, 0.25) is 5.02 Å². The van der Waals surface area contributed by atoms with Gasteiger partial charge in [-0.25, -0.2) is 10.2 Å². The molecule has 9 nitrogen and oxygen atoms in total. The zero-order valence-corrected chi connectivity index (χ0v) is 15.3. The Balaban J connectivity index is 2.88. The number of ether oxygens (including phenoxy) is 2. The van der Waals surface area contributed by atoms with E-state index in [2.05, 4.69) is 15.8 Å². The molecule has 0 aliphatic heterocycles. The number of benzene rings is 1. The molecular formula is C16H20ClN3O6. The lowest BCUT2D eigenvalue weighted by atomic mass is 10.2.